The molecule has 6 heteroatoms. The van der Waals surface area contributed by atoms with Crippen LogP contribution in [-0.4, -0.2) is 43.2 Å². The fourth-order valence-electron chi connectivity index (χ4n) is 4.21. The van der Waals surface area contributed by atoms with E-state index in [-0.39, 0.29) is 11.3 Å². The van der Waals surface area contributed by atoms with E-state index in [1.54, 1.807) is 28.6 Å². The van der Waals surface area contributed by atoms with Gasteiger partial charge in [0.1, 0.15) is 0 Å². The third kappa shape index (κ3) is 3.64. The Bertz CT molecular complexity index is 905. The molecular weight excluding hydrogens is 360 g/mol. The maximum absolute atomic E-state index is 12.8. The molecule has 0 radical (unpaired) electrons. The van der Waals surface area contributed by atoms with Gasteiger partial charge in [-0.05, 0) is 36.0 Å². The maximum atomic E-state index is 12.8. The van der Waals surface area contributed by atoms with Gasteiger partial charge in [0, 0.05) is 32.6 Å². The standard InChI is InChI=1S/C21H24N2O3S/c24-20-15-21(17-22(20)16-18-7-3-1-4-8-18)11-13-23(14-12-21)27(25,26)19-9-5-2-6-10-19/h1-10H,11-17H2. The molecule has 0 unspecified atom stereocenters. The minimum Gasteiger partial charge on any atom is -0.338 e. The van der Waals surface area contributed by atoms with E-state index in [4.69, 9.17) is 0 Å². The summed E-state index contributed by atoms with van der Waals surface area (Å²) in [4.78, 5) is 14.8. The molecule has 142 valence electrons. The van der Waals surface area contributed by atoms with Crippen molar-refractivity contribution in [3.8, 4) is 0 Å². The van der Waals surface area contributed by atoms with Crippen LogP contribution >= 0.6 is 0 Å². The Hall–Kier alpha value is -2.18. The Morgan fingerprint density at radius 1 is 0.889 bits per heavy atom. The fraction of sp³-hybridized carbons (Fsp3) is 0.381. The van der Waals surface area contributed by atoms with Gasteiger partial charge in [-0.15, -0.1) is 0 Å². The van der Waals surface area contributed by atoms with Crippen LogP contribution in [0.25, 0.3) is 0 Å². The van der Waals surface area contributed by atoms with Gasteiger partial charge in [-0.1, -0.05) is 48.5 Å². The zero-order valence-electron chi connectivity index (χ0n) is 15.3. The van der Waals surface area contributed by atoms with Gasteiger partial charge in [0.25, 0.3) is 0 Å². The maximum Gasteiger partial charge on any atom is 0.243 e. The molecule has 4 rings (SSSR count). The number of hydrogen-bond acceptors (Lipinski definition) is 3. The van der Waals surface area contributed by atoms with Gasteiger partial charge in [-0.25, -0.2) is 8.42 Å². The average Bonchev–Trinajstić information content (AvgIpc) is 2.98. The summed E-state index contributed by atoms with van der Waals surface area (Å²) >= 11 is 0. The number of rotatable bonds is 4. The lowest BCUT2D eigenvalue weighted by Gasteiger charge is -2.38. The summed E-state index contributed by atoms with van der Waals surface area (Å²) in [5.41, 5.74) is 1.04. The molecular formula is C21H24N2O3S. The number of hydrogen-bond donors (Lipinski definition) is 0. The first-order chi connectivity index (χ1) is 13.0. The second-order valence-electron chi connectivity index (χ2n) is 7.63. The van der Waals surface area contributed by atoms with E-state index in [2.05, 4.69) is 0 Å². The first kappa shape index (κ1) is 18.2. The Morgan fingerprint density at radius 3 is 2.11 bits per heavy atom. The van der Waals surface area contributed by atoms with Crippen molar-refractivity contribution in [1.29, 1.82) is 0 Å². The van der Waals surface area contributed by atoms with Crippen molar-refractivity contribution < 1.29 is 13.2 Å². The number of piperidine rings is 1. The van der Waals surface area contributed by atoms with Crippen LogP contribution in [0.1, 0.15) is 24.8 Å². The van der Waals surface area contributed by atoms with Crippen molar-refractivity contribution in [2.75, 3.05) is 19.6 Å². The summed E-state index contributed by atoms with van der Waals surface area (Å²) in [7, 11) is -3.45. The van der Waals surface area contributed by atoms with Crippen LogP contribution in [0, 0.1) is 5.41 Å². The van der Waals surface area contributed by atoms with Gasteiger partial charge >= 0.3 is 0 Å². The SMILES string of the molecule is O=C1CC2(CCN(S(=O)(=O)c3ccccc3)CC2)CN1Cc1ccccc1. The third-order valence-electron chi connectivity index (χ3n) is 5.79. The van der Waals surface area contributed by atoms with Gasteiger partial charge in [-0.3, -0.25) is 4.79 Å². The average molecular weight is 385 g/mol. The molecule has 2 fully saturated rings. The zero-order valence-corrected chi connectivity index (χ0v) is 16.1. The quantitative estimate of drug-likeness (QED) is 0.814. The molecule has 2 aliphatic rings. The summed E-state index contributed by atoms with van der Waals surface area (Å²) in [6.07, 6.45) is 1.99. The van der Waals surface area contributed by atoms with Crippen LogP contribution in [0.3, 0.4) is 0 Å². The van der Waals surface area contributed by atoms with Crippen molar-refractivity contribution >= 4 is 15.9 Å². The molecule has 2 aliphatic heterocycles. The zero-order chi connectivity index (χ0) is 18.9. The monoisotopic (exact) mass is 384 g/mol. The van der Waals surface area contributed by atoms with Gasteiger partial charge < -0.3 is 4.90 Å². The molecule has 0 N–H and O–H groups in total. The Labute approximate surface area is 160 Å². The van der Waals surface area contributed by atoms with E-state index < -0.39 is 10.0 Å². The van der Waals surface area contributed by atoms with Crippen LogP contribution in [0.5, 0.6) is 0 Å². The van der Waals surface area contributed by atoms with E-state index in [9.17, 15) is 13.2 Å². The second kappa shape index (κ2) is 7.09. The predicted octanol–water partition coefficient (Wildman–Crippen LogP) is 2.89. The first-order valence-corrected chi connectivity index (χ1v) is 10.8. The molecule has 0 aromatic heterocycles. The smallest absolute Gasteiger partial charge is 0.243 e. The largest absolute Gasteiger partial charge is 0.338 e. The van der Waals surface area contributed by atoms with Crippen LogP contribution in [0.2, 0.25) is 0 Å². The molecule has 27 heavy (non-hydrogen) atoms. The van der Waals surface area contributed by atoms with Crippen molar-refractivity contribution in [2.24, 2.45) is 5.41 Å². The second-order valence-corrected chi connectivity index (χ2v) is 9.57. The topological polar surface area (TPSA) is 57.7 Å². The number of benzene rings is 2. The summed E-state index contributed by atoms with van der Waals surface area (Å²) < 4.78 is 27.2. The molecule has 2 heterocycles. The first-order valence-electron chi connectivity index (χ1n) is 9.36. The highest BCUT2D eigenvalue weighted by Crippen LogP contribution is 2.42. The van der Waals surface area contributed by atoms with Crippen LogP contribution in [-0.2, 0) is 21.4 Å². The number of amides is 1. The number of nitrogens with zero attached hydrogens (tertiary/aromatic N) is 2. The van der Waals surface area contributed by atoms with E-state index in [0.29, 0.717) is 31.0 Å². The van der Waals surface area contributed by atoms with Gasteiger partial charge in [0.05, 0.1) is 4.90 Å². The lowest BCUT2D eigenvalue weighted by molar-refractivity contribution is -0.128. The molecule has 0 bridgehead atoms. The van der Waals surface area contributed by atoms with Gasteiger partial charge in [0.15, 0.2) is 0 Å². The van der Waals surface area contributed by atoms with Crippen molar-refractivity contribution in [3.05, 3.63) is 66.2 Å². The Morgan fingerprint density at radius 2 is 1.48 bits per heavy atom. The lowest BCUT2D eigenvalue weighted by Crippen LogP contribution is -2.44. The highest BCUT2D eigenvalue weighted by Gasteiger charge is 2.46. The molecule has 2 saturated heterocycles. The minimum atomic E-state index is -3.45. The van der Waals surface area contributed by atoms with Crippen molar-refractivity contribution in [1.82, 2.24) is 9.21 Å². The summed E-state index contributed by atoms with van der Waals surface area (Å²) in [6.45, 7) is 2.31. The van der Waals surface area contributed by atoms with Gasteiger partial charge in [-0.2, -0.15) is 4.31 Å². The minimum absolute atomic E-state index is 0.0887. The van der Waals surface area contributed by atoms with Crippen molar-refractivity contribution in [2.45, 2.75) is 30.7 Å². The van der Waals surface area contributed by atoms with Gasteiger partial charge in [0.2, 0.25) is 15.9 Å². The molecule has 0 saturated carbocycles. The highest BCUT2D eigenvalue weighted by molar-refractivity contribution is 7.89. The number of likely N-dealkylation sites (tertiary alicyclic amines) is 1. The van der Waals surface area contributed by atoms with Crippen LogP contribution in [0.15, 0.2) is 65.6 Å². The van der Waals surface area contributed by atoms with E-state index >= 15 is 0 Å². The van der Waals surface area contributed by atoms with Crippen LogP contribution < -0.4 is 0 Å². The van der Waals surface area contributed by atoms with E-state index in [1.165, 1.54) is 0 Å². The summed E-state index contributed by atoms with van der Waals surface area (Å²) in [5, 5.41) is 0. The fourth-order valence-corrected chi connectivity index (χ4v) is 5.67. The lowest BCUT2D eigenvalue weighted by atomic mass is 9.78. The molecule has 2 aromatic rings. The normalized spacial score (nSPS) is 20.3. The van der Waals surface area contributed by atoms with E-state index in [1.807, 2.05) is 41.3 Å². The summed E-state index contributed by atoms with van der Waals surface area (Å²) in [5.74, 6) is 0.179. The van der Waals surface area contributed by atoms with E-state index in [0.717, 1.165) is 24.9 Å². The Kier molecular flexibility index (Phi) is 4.78. The molecule has 0 aliphatic carbocycles. The number of carbonyl (C=O) groups is 1. The molecule has 2 aromatic carbocycles. The highest BCUT2D eigenvalue weighted by atomic mass is 32.2. The molecule has 1 amide bonds. The predicted molar refractivity (Wildman–Crippen MR) is 103 cm³/mol. The van der Waals surface area contributed by atoms with Crippen LogP contribution in [0.4, 0.5) is 0 Å². The van der Waals surface area contributed by atoms with Crippen molar-refractivity contribution in [3.63, 3.8) is 0 Å². The molecule has 1 spiro atoms. The number of sulfonamides is 1. The number of carbonyl (C=O) groups excluding carboxylic acids is 1. The Balaban J connectivity index is 1.42. The molecule has 5 nitrogen and oxygen atoms in total. The molecule has 0 atom stereocenters. The summed E-state index contributed by atoms with van der Waals surface area (Å²) in [6, 6.07) is 18.6. The third-order valence-corrected chi connectivity index (χ3v) is 7.70.